The van der Waals surface area contributed by atoms with E-state index in [0.717, 1.165) is 17.1 Å². The van der Waals surface area contributed by atoms with Gasteiger partial charge in [-0.25, -0.2) is 8.78 Å². The lowest BCUT2D eigenvalue weighted by Gasteiger charge is -2.09. The molecule has 0 spiro atoms. The first-order valence-electron chi connectivity index (χ1n) is 6.37. The molecule has 102 valence electrons. The smallest absolute Gasteiger partial charge is 0.204 e. The predicted octanol–water partition coefficient (Wildman–Crippen LogP) is 2.90. The minimum absolute atomic E-state index is 0.333. The maximum Gasteiger partial charge on any atom is 0.204 e. The summed E-state index contributed by atoms with van der Waals surface area (Å²) < 4.78 is 30.8. The number of imidazole rings is 1. The van der Waals surface area contributed by atoms with Gasteiger partial charge in [-0.1, -0.05) is 24.3 Å². The second kappa shape index (κ2) is 4.71. The van der Waals surface area contributed by atoms with Gasteiger partial charge >= 0.3 is 0 Å². The summed E-state index contributed by atoms with van der Waals surface area (Å²) in [5.74, 6) is -1.06. The van der Waals surface area contributed by atoms with Crippen molar-refractivity contribution in [1.82, 2.24) is 4.57 Å². The number of hydrogen-bond donors (Lipinski definition) is 0. The van der Waals surface area contributed by atoms with Gasteiger partial charge in [-0.2, -0.15) is 0 Å². The van der Waals surface area contributed by atoms with Crippen molar-refractivity contribution in [2.24, 2.45) is 7.05 Å². The molecule has 0 aliphatic heterocycles. The van der Waals surface area contributed by atoms with Crippen molar-refractivity contribution >= 4 is 11.0 Å². The van der Waals surface area contributed by atoms with E-state index >= 15 is 0 Å². The van der Waals surface area contributed by atoms with Crippen LogP contribution in [0.3, 0.4) is 0 Å². The average molecular weight is 272 g/mol. The number of halogens is 2. The van der Waals surface area contributed by atoms with Gasteiger partial charge < -0.3 is 9.13 Å². The first-order chi connectivity index (χ1) is 9.56. The Hall–Kier alpha value is -2.23. The summed E-state index contributed by atoms with van der Waals surface area (Å²) in [6.45, 7) is 2.05. The molecule has 1 aromatic heterocycles. The summed E-state index contributed by atoms with van der Waals surface area (Å²) in [6.07, 6.45) is 3.14. The molecule has 0 aliphatic carbocycles. The van der Waals surface area contributed by atoms with Gasteiger partial charge in [-0.05, 0) is 18.6 Å². The Morgan fingerprint density at radius 2 is 1.95 bits per heavy atom. The van der Waals surface area contributed by atoms with E-state index in [0.29, 0.717) is 17.7 Å². The highest BCUT2D eigenvalue weighted by Gasteiger charge is 2.12. The summed E-state index contributed by atoms with van der Waals surface area (Å²) in [4.78, 5) is 0. The van der Waals surface area contributed by atoms with E-state index in [-0.39, 0.29) is 0 Å². The second-order valence-corrected chi connectivity index (χ2v) is 4.92. The third kappa shape index (κ3) is 2.07. The number of fused-ring (bicyclic) bond motifs is 1. The fraction of sp³-hybridized carbons (Fsp3) is 0.188. The largest absolute Gasteiger partial charge is 0.347 e. The Kier molecular flexibility index (Phi) is 3.01. The number of aromatic nitrogens is 2. The van der Waals surface area contributed by atoms with Crippen molar-refractivity contribution < 1.29 is 13.3 Å². The van der Waals surface area contributed by atoms with Crippen LogP contribution in [0.4, 0.5) is 8.78 Å². The molecule has 20 heavy (non-hydrogen) atoms. The SMILES string of the molecule is Cc1cc(F)cc(F)c1C[n+]1[c-]n(C)c2ccccc21. The van der Waals surface area contributed by atoms with Crippen LogP contribution in [-0.4, -0.2) is 4.57 Å². The van der Waals surface area contributed by atoms with Gasteiger partial charge in [0.25, 0.3) is 0 Å². The number of rotatable bonds is 2. The van der Waals surface area contributed by atoms with Crippen molar-refractivity contribution in [1.29, 1.82) is 0 Å². The molecule has 2 nitrogen and oxygen atoms in total. The van der Waals surface area contributed by atoms with Crippen LogP contribution in [-0.2, 0) is 13.6 Å². The predicted molar refractivity (Wildman–Crippen MR) is 72.1 cm³/mol. The first-order valence-corrected chi connectivity index (χ1v) is 6.37. The number of benzene rings is 2. The van der Waals surface area contributed by atoms with E-state index < -0.39 is 11.6 Å². The van der Waals surface area contributed by atoms with Crippen molar-refractivity contribution in [3.8, 4) is 0 Å². The summed E-state index contributed by atoms with van der Waals surface area (Å²) in [5, 5.41) is 0. The van der Waals surface area contributed by atoms with Crippen molar-refractivity contribution in [2.45, 2.75) is 13.5 Å². The van der Waals surface area contributed by atoms with Crippen LogP contribution < -0.4 is 4.57 Å². The third-order valence-electron chi connectivity index (χ3n) is 3.50. The molecule has 0 unspecified atom stereocenters. The number of para-hydroxylation sites is 2. The number of nitrogens with zero attached hydrogens (tertiary/aromatic N) is 2. The van der Waals surface area contributed by atoms with Gasteiger partial charge in [0.15, 0.2) is 0 Å². The fourth-order valence-corrected chi connectivity index (χ4v) is 2.48. The Balaban J connectivity index is 2.11. The van der Waals surface area contributed by atoms with Gasteiger partial charge in [0.2, 0.25) is 6.33 Å². The molecule has 1 heterocycles. The van der Waals surface area contributed by atoms with E-state index in [9.17, 15) is 8.78 Å². The molecule has 0 radical (unpaired) electrons. The van der Waals surface area contributed by atoms with Crippen LogP contribution in [0.15, 0.2) is 36.4 Å². The summed E-state index contributed by atoms with van der Waals surface area (Å²) in [7, 11) is 1.90. The molecule has 4 heteroatoms. The van der Waals surface area contributed by atoms with E-state index in [2.05, 4.69) is 6.33 Å². The summed E-state index contributed by atoms with van der Waals surface area (Å²) in [6, 6.07) is 10.1. The molecule has 3 aromatic rings. The molecule has 2 aromatic carbocycles. The van der Waals surface area contributed by atoms with Crippen LogP contribution >= 0.6 is 0 Å². The van der Waals surface area contributed by atoms with Crippen LogP contribution in [0.25, 0.3) is 11.0 Å². The molecule has 0 fully saturated rings. The maximum absolute atomic E-state index is 13.9. The molecule has 0 saturated heterocycles. The normalized spacial score (nSPS) is 11.2. The van der Waals surface area contributed by atoms with E-state index in [1.807, 2.05) is 40.4 Å². The molecule has 0 amide bonds. The molecule has 0 aliphatic rings. The highest BCUT2D eigenvalue weighted by atomic mass is 19.1. The lowest BCUT2D eigenvalue weighted by Crippen LogP contribution is -2.34. The van der Waals surface area contributed by atoms with Gasteiger partial charge in [0.1, 0.15) is 11.6 Å². The minimum atomic E-state index is -0.546. The minimum Gasteiger partial charge on any atom is -0.347 e. The topological polar surface area (TPSA) is 8.81 Å². The number of aryl methyl sites for hydroxylation is 2. The Morgan fingerprint density at radius 1 is 1.20 bits per heavy atom. The second-order valence-electron chi connectivity index (χ2n) is 4.92. The molecule has 0 saturated carbocycles. The molecule has 0 atom stereocenters. The summed E-state index contributed by atoms with van der Waals surface area (Å²) in [5.41, 5.74) is 3.09. The monoisotopic (exact) mass is 272 g/mol. The number of hydrogen-bond acceptors (Lipinski definition) is 0. The highest BCUT2D eigenvalue weighted by molar-refractivity contribution is 5.71. The van der Waals surface area contributed by atoms with E-state index in [1.54, 1.807) is 6.92 Å². The van der Waals surface area contributed by atoms with Gasteiger partial charge in [0, 0.05) is 22.7 Å². The molecule has 0 N–H and O–H groups in total. The maximum atomic E-state index is 13.9. The zero-order chi connectivity index (χ0) is 14.3. The quantitative estimate of drug-likeness (QED) is 0.501. The average Bonchev–Trinajstić information content (AvgIpc) is 2.71. The molecular weight excluding hydrogens is 258 g/mol. The Morgan fingerprint density at radius 3 is 2.70 bits per heavy atom. The molecule has 3 rings (SSSR count). The van der Waals surface area contributed by atoms with E-state index in [4.69, 9.17) is 0 Å². The van der Waals surface area contributed by atoms with Crippen molar-refractivity contribution in [3.63, 3.8) is 0 Å². The van der Waals surface area contributed by atoms with Crippen molar-refractivity contribution in [2.75, 3.05) is 0 Å². The standard InChI is InChI=1S/C16H14F2N2/c1-11-7-12(17)8-14(18)13(11)9-20-10-19(2)15-5-3-4-6-16(15)20/h3-8H,9H2,1-2H3. The lowest BCUT2D eigenvalue weighted by atomic mass is 10.1. The summed E-state index contributed by atoms with van der Waals surface area (Å²) >= 11 is 0. The Labute approximate surface area is 115 Å². The molecule has 0 bridgehead atoms. The van der Waals surface area contributed by atoms with Gasteiger partial charge in [-0.15, -0.1) is 0 Å². The van der Waals surface area contributed by atoms with Crippen LogP contribution in [0.2, 0.25) is 0 Å². The van der Waals surface area contributed by atoms with Crippen LogP contribution in [0.1, 0.15) is 11.1 Å². The highest BCUT2D eigenvalue weighted by Crippen LogP contribution is 2.16. The van der Waals surface area contributed by atoms with E-state index in [1.165, 1.54) is 6.07 Å². The van der Waals surface area contributed by atoms with Gasteiger partial charge in [0.05, 0.1) is 13.6 Å². The lowest BCUT2D eigenvalue weighted by molar-refractivity contribution is -0.667. The Bertz CT molecular complexity index is 767. The van der Waals surface area contributed by atoms with Crippen LogP contribution in [0.5, 0.6) is 0 Å². The fourth-order valence-electron chi connectivity index (χ4n) is 2.48. The van der Waals surface area contributed by atoms with Crippen molar-refractivity contribution in [3.05, 3.63) is 65.5 Å². The van der Waals surface area contributed by atoms with Gasteiger partial charge in [-0.3, -0.25) is 0 Å². The molecular formula is C16H14F2N2. The third-order valence-corrected chi connectivity index (χ3v) is 3.50. The zero-order valence-corrected chi connectivity index (χ0v) is 11.3. The first kappa shape index (κ1) is 12.8. The van der Waals surface area contributed by atoms with Crippen LogP contribution in [0, 0.1) is 24.9 Å². The zero-order valence-electron chi connectivity index (χ0n) is 11.3.